The van der Waals surface area contributed by atoms with Crippen LogP contribution in [0.5, 0.6) is 5.75 Å². The van der Waals surface area contributed by atoms with Gasteiger partial charge in [0.2, 0.25) is 0 Å². The van der Waals surface area contributed by atoms with Gasteiger partial charge in [0.1, 0.15) is 17.3 Å². The van der Waals surface area contributed by atoms with Crippen LogP contribution in [0.25, 0.3) is 5.76 Å². The highest BCUT2D eigenvalue weighted by molar-refractivity contribution is 6.30. The first-order valence-corrected chi connectivity index (χ1v) is 11.3. The zero-order chi connectivity index (χ0) is 24.8. The molecule has 1 fully saturated rings. The van der Waals surface area contributed by atoms with Gasteiger partial charge < -0.3 is 19.8 Å². The summed E-state index contributed by atoms with van der Waals surface area (Å²) in [4.78, 5) is 27.8. The van der Waals surface area contributed by atoms with E-state index in [0.29, 0.717) is 24.7 Å². The molecule has 1 amide bonds. The number of aliphatic hydroxyl groups is 1. The summed E-state index contributed by atoms with van der Waals surface area (Å²) in [5.74, 6) is -1.62. The van der Waals surface area contributed by atoms with Crippen molar-refractivity contribution in [1.29, 1.82) is 0 Å². The fourth-order valence-corrected chi connectivity index (χ4v) is 4.11. The molecule has 34 heavy (non-hydrogen) atoms. The second-order valence-corrected chi connectivity index (χ2v) is 8.85. The van der Waals surface area contributed by atoms with Crippen molar-refractivity contribution in [2.75, 3.05) is 19.7 Å². The van der Waals surface area contributed by atoms with Crippen LogP contribution in [0.15, 0.2) is 48.5 Å². The number of carboxylic acids is 1. The fraction of sp³-hybridized carbons (Fsp3) is 0.360. The van der Waals surface area contributed by atoms with Gasteiger partial charge in [-0.15, -0.1) is 0 Å². The van der Waals surface area contributed by atoms with E-state index in [0.717, 1.165) is 11.6 Å². The molecule has 2 aromatic carbocycles. The number of ether oxygens (including phenoxy) is 1. The number of carbonyl (C=O) groups is 2. The molecule has 182 valence electrons. The highest BCUT2D eigenvalue weighted by Crippen LogP contribution is 2.29. The quantitative estimate of drug-likeness (QED) is 0.534. The minimum atomic E-state index is -1.09. The lowest BCUT2D eigenvalue weighted by molar-refractivity contribution is -0.139. The molecule has 1 aliphatic rings. The second kappa shape index (κ2) is 11.4. The lowest BCUT2D eigenvalue weighted by Gasteiger charge is -2.44. The Morgan fingerprint density at radius 1 is 1.12 bits per heavy atom. The van der Waals surface area contributed by atoms with Gasteiger partial charge >= 0.3 is 5.97 Å². The molecule has 9 heteroatoms. The average molecular weight is 491 g/mol. The molecule has 1 aliphatic heterocycles. The van der Waals surface area contributed by atoms with Crippen molar-refractivity contribution >= 4 is 29.2 Å². The number of carbonyl (C=O) groups excluding carboxylic acids is 1. The lowest BCUT2D eigenvalue weighted by Crippen LogP contribution is -2.58. The number of aliphatic carboxylic acids is 1. The molecule has 0 radical (unpaired) electrons. The van der Waals surface area contributed by atoms with Crippen molar-refractivity contribution < 1.29 is 28.9 Å². The highest BCUT2D eigenvalue weighted by Gasteiger charge is 2.32. The molecule has 0 aliphatic carbocycles. The molecular formula is C25H28ClFN2O5. The Morgan fingerprint density at radius 3 is 2.50 bits per heavy atom. The number of rotatable bonds is 8. The van der Waals surface area contributed by atoms with Crippen molar-refractivity contribution in [1.82, 2.24) is 9.80 Å². The minimum Gasteiger partial charge on any atom is -0.508 e. The maximum absolute atomic E-state index is 13.2. The predicted molar refractivity (Wildman–Crippen MR) is 127 cm³/mol. The van der Waals surface area contributed by atoms with Gasteiger partial charge in [-0.05, 0) is 55.8 Å². The Kier molecular flexibility index (Phi) is 8.52. The Hall–Kier alpha value is -3.10. The molecule has 0 unspecified atom stereocenters. The smallest absolute Gasteiger partial charge is 0.307 e. The van der Waals surface area contributed by atoms with Gasteiger partial charge in [-0.3, -0.25) is 14.5 Å². The Labute approximate surface area is 203 Å². The normalized spacial score (nSPS) is 19.2. The number of piperazine rings is 1. The molecule has 2 N–H and O–H groups in total. The molecule has 1 saturated heterocycles. The van der Waals surface area contributed by atoms with E-state index in [9.17, 15) is 19.1 Å². The van der Waals surface area contributed by atoms with Crippen LogP contribution in [0, 0.1) is 5.82 Å². The third kappa shape index (κ3) is 6.71. The van der Waals surface area contributed by atoms with Crippen molar-refractivity contribution in [2.24, 2.45) is 0 Å². The van der Waals surface area contributed by atoms with Crippen LogP contribution in [0.3, 0.4) is 0 Å². The second-order valence-electron chi connectivity index (χ2n) is 8.42. The Bertz CT molecular complexity index is 1060. The average Bonchev–Trinajstić information content (AvgIpc) is 2.80. The third-order valence-corrected chi connectivity index (χ3v) is 6.01. The summed E-state index contributed by atoms with van der Waals surface area (Å²) in [6.07, 6.45) is 0.779. The summed E-state index contributed by atoms with van der Waals surface area (Å²) in [6, 6.07) is 11.0. The number of carboxylic acid groups (broad SMARTS) is 1. The molecule has 1 heterocycles. The first-order chi connectivity index (χ1) is 16.1. The van der Waals surface area contributed by atoms with E-state index in [4.69, 9.17) is 21.4 Å². The van der Waals surface area contributed by atoms with E-state index in [-0.39, 0.29) is 53.9 Å². The standard InChI is InChI=1S/C25H28ClFN2O5/c1-16-13-29(17(2)12-28(16)14-18-3-6-20(27)7-4-18)24(31)15-34-23-9-5-19(26)11-21(23)22(30)8-10-25(32)33/h3-9,11,16-17,30H,10,12-15H2,1-2H3,(H,32,33)/t16-,17+/m0/s1. The van der Waals surface area contributed by atoms with Gasteiger partial charge in [-0.1, -0.05) is 23.7 Å². The van der Waals surface area contributed by atoms with Gasteiger partial charge in [-0.2, -0.15) is 0 Å². The van der Waals surface area contributed by atoms with E-state index in [1.807, 2.05) is 13.8 Å². The maximum atomic E-state index is 13.2. The zero-order valence-electron chi connectivity index (χ0n) is 19.1. The molecule has 2 atom stereocenters. The zero-order valence-corrected chi connectivity index (χ0v) is 19.8. The molecule has 0 saturated carbocycles. The number of aliphatic hydroxyl groups excluding tert-OH is 1. The number of amides is 1. The van der Waals surface area contributed by atoms with E-state index in [1.54, 1.807) is 23.1 Å². The Morgan fingerprint density at radius 2 is 1.82 bits per heavy atom. The summed E-state index contributed by atoms with van der Waals surface area (Å²) < 4.78 is 18.9. The third-order valence-electron chi connectivity index (χ3n) is 5.77. The first kappa shape index (κ1) is 25.5. The molecule has 0 bridgehead atoms. The molecule has 3 rings (SSSR count). The topological polar surface area (TPSA) is 90.3 Å². The summed E-state index contributed by atoms with van der Waals surface area (Å²) in [5, 5.41) is 19.4. The van der Waals surface area contributed by atoms with Crippen LogP contribution in [-0.2, 0) is 16.1 Å². The first-order valence-electron chi connectivity index (χ1n) is 11.0. The molecule has 2 aromatic rings. The number of hydrogen-bond acceptors (Lipinski definition) is 5. The Balaban J connectivity index is 1.63. The van der Waals surface area contributed by atoms with E-state index in [1.165, 1.54) is 24.3 Å². The van der Waals surface area contributed by atoms with Gasteiger partial charge in [0.05, 0.1) is 12.0 Å². The van der Waals surface area contributed by atoms with Crippen LogP contribution < -0.4 is 4.74 Å². The molecule has 7 nitrogen and oxygen atoms in total. The van der Waals surface area contributed by atoms with Crippen molar-refractivity contribution in [2.45, 2.75) is 38.9 Å². The van der Waals surface area contributed by atoms with Gasteiger partial charge in [-0.25, -0.2) is 4.39 Å². The SMILES string of the molecule is C[C@@H]1CN(Cc2ccc(F)cc2)[C@@H](C)CN1C(=O)COc1ccc(Cl)cc1C(O)=CCC(=O)O. The number of halogens is 2. The van der Waals surface area contributed by atoms with Crippen LogP contribution >= 0.6 is 11.6 Å². The summed E-state index contributed by atoms with van der Waals surface area (Å²) in [5.41, 5.74) is 1.22. The van der Waals surface area contributed by atoms with Crippen LogP contribution in [-0.4, -0.2) is 63.7 Å². The number of benzene rings is 2. The van der Waals surface area contributed by atoms with Crippen molar-refractivity contribution in [3.05, 3.63) is 70.5 Å². The highest BCUT2D eigenvalue weighted by atomic mass is 35.5. The van der Waals surface area contributed by atoms with E-state index < -0.39 is 5.97 Å². The van der Waals surface area contributed by atoms with E-state index >= 15 is 0 Å². The van der Waals surface area contributed by atoms with Crippen LogP contribution in [0.2, 0.25) is 5.02 Å². The monoisotopic (exact) mass is 490 g/mol. The maximum Gasteiger partial charge on any atom is 0.307 e. The van der Waals surface area contributed by atoms with Gasteiger partial charge in [0.25, 0.3) is 5.91 Å². The summed E-state index contributed by atoms with van der Waals surface area (Å²) in [7, 11) is 0. The summed E-state index contributed by atoms with van der Waals surface area (Å²) >= 11 is 6.01. The number of hydrogen-bond donors (Lipinski definition) is 2. The molecule has 0 spiro atoms. The molecular weight excluding hydrogens is 463 g/mol. The molecule has 0 aromatic heterocycles. The van der Waals surface area contributed by atoms with Gasteiger partial charge in [0, 0.05) is 36.7 Å². The van der Waals surface area contributed by atoms with E-state index in [2.05, 4.69) is 4.90 Å². The predicted octanol–water partition coefficient (Wildman–Crippen LogP) is 4.35. The fourth-order valence-electron chi connectivity index (χ4n) is 3.93. The largest absolute Gasteiger partial charge is 0.508 e. The van der Waals surface area contributed by atoms with Gasteiger partial charge in [0.15, 0.2) is 6.61 Å². The summed E-state index contributed by atoms with van der Waals surface area (Å²) in [6.45, 7) is 5.61. The lowest BCUT2D eigenvalue weighted by atomic mass is 10.1. The van der Waals surface area contributed by atoms with Crippen molar-refractivity contribution in [3.8, 4) is 5.75 Å². The minimum absolute atomic E-state index is 0.0544. The van der Waals surface area contributed by atoms with Crippen molar-refractivity contribution in [3.63, 3.8) is 0 Å². The van der Waals surface area contributed by atoms with Crippen LogP contribution in [0.1, 0.15) is 31.4 Å². The van der Waals surface area contributed by atoms with Crippen LogP contribution in [0.4, 0.5) is 4.39 Å². The number of nitrogens with zero attached hydrogens (tertiary/aromatic N) is 2.